The molecule has 2 nitrogen and oxygen atoms in total. The van der Waals surface area contributed by atoms with Gasteiger partial charge in [0, 0.05) is 14.6 Å². The number of hydrogen-bond acceptors (Lipinski definition) is 2. The molecule has 2 rings (SSSR count). The summed E-state index contributed by atoms with van der Waals surface area (Å²) in [4.78, 5) is 0. The van der Waals surface area contributed by atoms with Gasteiger partial charge >= 0.3 is 6.18 Å². The Morgan fingerprint density at radius 2 is 1.76 bits per heavy atom. The summed E-state index contributed by atoms with van der Waals surface area (Å²) in [5, 5.41) is 11.6. The van der Waals surface area contributed by atoms with Gasteiger partial charge in [0.05, 0.1) is 22.9 Å². The van der Waals surface area contributed by atoms with E-state index in [0.29, 0.717) is 10.2 Å². The normalized spacial score (nSPS) is 11.0. The van der Waals surface area contributed by atoms with Crippen molar-refractivity contribution in [2.75, 3.05) is 5.32 Å². The van der Waals surface area contributed by atoms with Gasteiger partial charge < -0.3 is 5.32 Å². The molecule has 0 unspecified atom stereocenters. The molecule has 0 saturated carbocycles. The highest BCUT2D eigenvalue weighted by Crippen LogP contribution is 2.35. The minimum absolute atomic E-state index is 0.254. The first-order chi connectivity index (χ1) is 9.81. The van der Waals surface area contributed by atoms with Crippen molar-refractivity contribution < 1.29 is 13.2 Å². The molecular formula is C14H7Br2F3N2. The second-order valence-electron chi connectivity index (χ2n) is 4.12. The van der Waals surface area contributed by atoms with Gasteiger partial charge in [-0.15, -0.1) is 0 Å². The van der Waals surface area contributed by atoms with Crippen LogP contribution >= 0.6 is 31.9 Å². The SMILES string of the molecule is N#Cc1ccc(Nc2ccc(Br)cc2Br)cc1C(F)(F)F. The highest BCUT2D eigenvalue weighted by molar-refractivity contribution is 9.11. The highest BCUT2D eigenvalue weighted by atomic mass is 79.9. The molecule has 0 saturated heterocycles. The molecule has 0 amide bonds. The topological polar surface area (TPSA) is 35.8 Å². The number of halogens is 5. The average Bonchev–Trinajstić information content (AvgIpc) is 2.41. The maximum atomic E-state index is 12.9. The lowest BCUT2D eigenvalue weighted by Gasteiger charge is -2.13. The molecule has 21 heavy (non-hydrogen) atoms. The number of nitrogens with zero attached hydrogens (tertiary/aromatic N) is 1. The summed E-state index contributed by atoms with van der Waals surface area (Å²) in [6.45, 7) is 0. The number of nitriles is 1. The third-order valence-corrected chi connectivity index (χ3v) is 3.80. The molecule has 0 aliphatic heterocycles. The fourth-order valence-electron chi connectivity index (χ4n) is 1.70. The Hall–Kier alpha value is -1.52. The van der Waals surface area contributed by atoms with Gasteiger partial charge in [-0.25, -0.2) is 0 Å². The van der Waals surface area contributed by atoms with Crippen LogP contribution in [0.5, 0.6) is 0 Å². The van der Waals surface area contributed by atoms with Crippen molar-refractivity contribution in [2.24, 2.45) is 0 Å². The van der Waals surface area contributed by atoms with Crippen LogP contribution in [0.25, 0.3) is 0 Å². The monoisotopic (exact) mass is 418 g/mol. The molecule has 1 N–H and O–H groups in total. The van der Waals surface area contributed by atoms with Crippen LogP contribution in [0.1, 0.15) is 11.1 Å². The van der Waals surface area contributed by atoms with E-state index in [-0.39, 0.29) is 5.69 Å². The molecule has 2 aromatic carbocycles. The van der Waals surface area contributed by atoms with Crippen LogP contribution in [-0.4, -0.2) is 0 Å². The van der Waals surface area contributed by atoms with Crippen LogP contribution in [0, 0.1) is 11.3 Å². The third-order valence-electron chi connectivity index (χ3n) is 2.66. The Kier molecular flexibility index (Phi) is 4.59. The molecule has 0 aliphatic rings. The molecule has 0 aromatic heterocycles. The lowest BCUT2D eigenvalue weighted by Crippen LogP contribution is -2.08. The quantitative estimate of drug-likeness (QED) is 0.663. The van der Waals surface area contributed by atoms with Gasteiger partial charge in [-0.3, -0.25) is 0 Å². The molecule has 0 atom stereocenters. The zero-order valence-corrected chi connectivity index (χ0v) is 13.5. The first kappa shape index (κ1) is 15.9. The van der Waals surface area contributed by atoms with E-state index in [0.717, 1.165) is 16.6 Å². The van der Waals surface area contributed by atoms with Crippen molar-refractivity contribution >= 4 is 43.2 Å². The maximum absolute atomic E-state index is 12.9. The predicted octanol–water partition coefficient (Wildman–Crippen LogP) is 5.85. The predicted molar refractivity (Wildman–Crippen MR) is 81.3 cm³/mol. The van der Waals surface area contributed by atoms with Crippen molar-refractivity contribution in [3.05, 3.63) is 56.5 Å². The molecule has 0 fully saturated rings. The molecule has 0 radical (unpaired) electrons. The van der Waals surface area contributed by atoms with Gasteiger partial charge in [0.15, 0.2) is 0 Å². The van der Waals surface area contributed by atoms with Crippen LogP contribution < -0.4 is 5.32 Å². The Labute approximate surface area is 135 Å². The Bertz CT molecular complexity index is 721. The standard InChI is InChI=1S/C14H7Br2F3N2/c15-9-2-4-13(12(16)5-9)21-10-3-1-8(7-20)11(6-10)14(17,18)19/h1-6,21H. The van der Waals surface area contributed by atoms with Crippen LogP contribution in [-0.2, 0) is 6.18 Å². The van der Waals surface area contributed by atoms with E-state index in [4.69, 9.17) is 5.26 Å². The number of benzene rings is 2. The summed E-state index contributed by atoms with van der Waals surface area (Å²) >= 11 is 6.62. The van der Waals surface area contributed by atoms with E-state index >= 15 is 0 Å². The number of hydrogen-bond donors (Lipinski definition) is 1. The molecule has 2 aromatic rings. The van der Waals surface area contributed by atoms with Gasteiger partial charge in [0.1, 0.15) is 0 Å². The zero-order chi connectivity index (χ0) is 15.6. The fourth-order valence-corrected chi connectivity index (χ4v) is 2.85. The first-order valence-corrected chi connectivity index (χ1v) is 7.23. The lowest BCUT2D eigenvalue weighted by atomic mass is 10.1. The Morgan fingerprint density at radius 3 is 2.33 bits per heavy atom. The van der Waals surface area contributed by atoms with Crippen LogP contribution in [0.4, 0.5) is 24.5 Å². The van der Waals surface area contributed by atoms with Gasteiger partial charge in [0.2, 0.25) is 0 Å². The average molecular weight is 420 g/mol. The van der Waals surface area contributed by atoms with E-state index in [1.54, 1.807) is 24.3 Å². The molecular weight excluding hydrogens is 413 g/mol. The van der Waals surface area contributed by atoms with E-state index in [1.807, 2.05) is 0 Å². The zero-order valence-electron chi connectivity index (χ0n) is 10.3. The third kappa shape index (κ3) is 3.77. The van der Waals surface area contributed by atoms with Gasteiger partial charge in [-0.2, -0.15) is 18.4 Å². The summed E-state index contributed by atoms with van der Waals surface area (Å²) < 4.78 is 40.2. The summed E-state index contributed by atoms with van der Waals surface area (Å²) in [6.07, 6.45) is -4.57. The van der Waals surface area contributed by atoms with Crippen molar-refractivity contribution in [1.29, 1.82) is 5.26 Å². The van der Waals surface area contributed by atoms with E-state index in [1.165, 1.54) is 6.07 Å². The summed E-state index contributed by atoms with van der Waals surface area (Å²) in [5.41, 5.74) is -0.480. The second kappa shape index (κ2) is 6.08. The van der Waals surface area contributed by atoms with E-state index in [2.05, 4.69) is 37.2 Å². The van der Waals surface area contributed by atoms with E-state index < -0.39 is 17.3 Å². The molecule has 0 heterocycles. The smallest absolute Gasteiger partial charge is 0.355 e. The molecule has 7 heteroatoms. The second-order valence-corrected chi connectivity index (χ2v) is 5.89. The number of anilines is 2. The first-order valence-electron chi connectivity index (χ1n) is 5.64. The summed E-state index contributed by atoms with van der Waals surface area (Å²) in [6, 6.07) is 10.3. The summed E-state index contributed by atoms with van der Waals surface area (Å²) in [7, 11) is 0. The van der Waals surface area contributed by atoms with Crippen molar-refractivity contribution in [3.8, 4) is 6.07 Å². The van der Waals surface area contributed by atoms with Crippen LogP contribution in [0.3, 0.4) is 0 Å². The Morgan fingerprint density at radius 1 is 1.05 bits per heavy atom. The summed E-state index contributed by atoms with van der Waals surface area (Å²) in [5.74, 6) is 0. The van der Waals surface area contributed by atoms with Crippen molar-refractivity contribution in [2.45, 2.75) is 6.18 Å². The largest absolute Gasteiger partial charge is 0.417 e. The number of nitrogens with one attached hydrogen (secondary N) is 1. The van der Waals surface area contributed by atoms with Crippen molar-refractivity contribution in [3.63, 3.8) is 0 Å². The van der Waals surface area contributed by atoms with Crippen molar-refractivity contribution in [1.82, 2.24) is 0 Å². The maximum Gasteiger partial charge on any atom is 0.417 e. The minimum atomic E-state index is -4.57. The van der Waals surface area contributed by atoms with Gasteiger partial charge in [-0.1, -0.05) is 15.9 Å². The van der Waals surface area contributed by atoms with Gasteiger partial charge in [0.25, 0.3) is 0 Å². The number of alkyl halides is 3. The molecule has 108 valence electrons. The number of rotatable bonds is 2. The highest BCUT2D eigenvalue weighted by Gasteiger charge is 2.33. The lowest BCUT2D eigenvalue weighted by molar-refractivity contribution is -0.137. The fraction of sp³-hybridized carbons (Fsp3) is 0.0714. The molecule has 0 bridgehead atoms. The molecule has 0 spiro atoms. The van der Waals surface area contributed by atoms with E-state index in [9.17, 15) is 13.2 Å². The van der Waals surface area contributed by atoms with Gasteiger partial charge in [-0.05, 0) is 52.3 Å². The minimum Gasteiger partial charge on any atom is -0.355 e. The Balaban J connectivity index is 2.40. The molecule has 0 aliphatic carbocycles. The van der Waals surface area contributed by atoms with Crippen LogP contribution in [0.2, 0.25) is 0 Å². The van der Waals surface area contributed by atoms with Crippen LogP contribution in [0.15, 0.2) is 45.3 Å².